The summed E-state index contributed by atoms with van der Waals surface area (Å²) in [6.45, 7) is 6.59. The summed E-state index contributed by atoms with van der Waals surface area (Å²) in [6, 6.07) is 0. The highest BCUT2D eigenvalue weighted by Crippen LogP contribution is 2.33. The number of cyclic esters (lactones) is 1. The van der Waals surface area contributed by atoms with Gasteiger partial charge in [0.15, 0.2) is 0 Å². The molecule has 1 N–H and O–H groups in total. The number of allylic oxidation sites excluding steroid dienone is 1. The van der Waals surface area contributed by atoms with Gasteiger partial charge in [-0.05, 0) is 50.0 Å². The summed E-state index contributed by atoms with van der Waals surface area (Å²) < 4.78 is 24.3. The summed E-state index contributed by atoms with van der Waals surface area (Å²) in [5.41, 5.74) is 0. The number of ether oxygens (including phenoxy) is 4. The normalized spacial score (nSPS) is 40.5. The highest BCUT2D eigenvalue weighted by Gasteiger charge is 2.36. The highest BCUT2D eigenvalue weighted by molar-refractivity contribution is 5.70. The number of methoxy groups -OCH3 is 1. The minimum atomic E-state index is -0.460. The zero-order valence-corrected chi connectivity index (χ0v) is 19.7. The molecule has 0 aliphatic carbocycles. The van der Waals surface area contributed by atoms with Gasteiger partial charge in [0.2, 0.25) is 0 Å². The SMILES string of the molecule is CO[C@H]1C[C@@H]2C[C@@H](O)C[C@H](CC(=O)O[C@@H](/C=C/CC(C)C)C[C@@H]3CC[C@H](C)[C@@H](C1)O3)O2. The first-order valence-electron chi connectivity index (χ1n) is 12.2. The fraction of sp³-hybridized carbons (Fsp3) is 0.880. The first-order chi connectivity index (χ1) is 14.8. The topological polar surface area (TPSA) is 74.2 Å². The monoisotopic (exact) mass is 438 g/mol. The lowest BCUT2D eigenvalue weighted by atomic mass is 9.87. The van der Waals surface area contributed by atoms with Crippen molar-refractivity contribution in [1.82, 2.24) is 0 Å². The van der Waals surface area contributed by atoms with E-state index in [1.54, 1.807) is 7.11 Å². The maximum absolute atomic E-state index is 12.7. The van der Waals surface area contributed by atoms with E-state index in [9.17, 15) is 9.90 Å². The van der Waals surface area contributed by atoms with E-state index in [0.29, 0.717) is 37.5 Å². The second kappa shape index (κ2) is 11.8. The van der Waals surface area contributed by atoms with Gasteiger partial charge in [-0.15, -0.1) is 0 Å². The number of hydrogen-bond acceptors (Lipinski definition) is 6. The maximum Gasteiger partial charge on any atom is 0.309 e. The fourth-order valence-electron chi connectivity index (χ4n) is 5.09. The first-order valence-corrected chi connectivity index (χ1v) is 12.2. The van der Waals surface area contributed by atoms with Crippen molar-refractivity contribution in [3.63, 3.8) is 0 Å². The average molecular weight is 439 g/mol. The van der Waals surface area contributed by atoms with Gasteiger partial charge in [-0.3, -0.25) is 4.79 Å². The van der Waals surface area contributed by atoms with Crippen LogP contribution in [-0.4, -0.2) is 60.9 Å². The minimum Gasteiger partial charge on any atom is -0.458 e. The van der Waals surface area contributed by atoms with E-state index in [1.165, 1.54) is 0 Å². The Hall–Kier alpha value is -0.950. The van der Waals surface area contributed by atoms with Crippen LogP contribution in [0.5, 0.6) is 0 Å². The molecule has 3 rings (SSSR count). The molecule has 3 heterocycles. The van der Waals surface area contributed by atoms with Gasteiger partial charge in [0, 0.05) is 26.4 Å². The lowest BCUT2D eigenvalue weighted by molar-refractivity contribution is -0.165. The number of rotatable bonds is 4. The van der Waals surface area contributed by atoms with Gasteiger partial charge >= 0.3 is 5.97 Å². The smallest absolute Gasteiger partial charge is 0.309 e. The van der Waals surface area contributed by atoms with Gasteiger partial charge in [-0.1, -0.05) is 26.8 Å². The van der Waals surface area contributed by atoms with Crippen molar-refractivity contribution < 1.29 is 28.8 Å². The maximum atomic E-state index is 12.7. The van der Waals surface area contributed by atoms with Crippen molar-refractivity contribution in [1.29, 1.82) is 0 Å². The molecule has 0 aromatic rings. The van der Waals surface area contributed by atoms with Crippen molar-refractivity contribution in [3.05, 3.63) is 12.2 Å². The third kappa shape index (κ3) is 7.85. The molecule has 0 radical (unpaired) electrons. The molecule has 0 aromatic heterocycles. The molecule has 0 spiro atoms. The van der Waals surface area contributed by atoms with Gasteiger partial charge in [-0.2, -0.15) is 0 Å². The quantitative estimate of drug-likeness (QED) is 0.524. The molecule has 6 nitrogen and oxygen atoms in total. The van der Waals surface area contributed by atoms with Gasteiger partial charge in [0.05, 0.1) is 43.0 Å². The minimum absolute atomic E-state index is 0.0128. The molecule has 0 amide bonds. The Kier molecular flexibility index (Phi) is 9.38. The van der Waals surface area contributed by atoms with E-state index in [1.807, 2.05) is 6.08 Å². The molecule has 178 valence electrons. The van der Waals surface area contributed by atoms with Crippen LogP contribution in [0.15, 0.2) is 12.2 Å². The molecular formula is C25H42O6. The van der Waals surface area contributed by atoms with Crippen LogP contribution < -0.4 is 0 Å². The van der Waals surface area contributed by atoms with Crippen LogP contribution in [0, 0.1) is 11.8 Å². The Morgan fingerprint density at radius 1 is 1.06 bits per heavy atom. The standard InChI is InChI=1S/C25H42O6/c1-16(2)6-5-7-19-12-20-9-8-17(3)24(30-20)14-21(28-4)13-22-10-18(26)11-23(29-22)15-25(27)31-19/h5,7,16-24,26H,6,8-15H2,1-4H3/b7-5+/t17-,18+,19-,20-,21-,22-,23+,24+/m0/s1. The van der Waals surface area contributed by atoms with Crippen molar-refractivity contribution in [3.8, 4) is 0 Å². The summed E-state index contributed by atoms with van der Waals surface area (Å²) >= 11 is 0. The predicted octanol–water partition coefficient (Wildman–Crippen LogP) is 4.18. The van der Waals surface area contributed by atoms with Gasteiger partial charge < -0.3 is 24.1 Å². The van der Waals surface area contributed by atoms with E-state index < -0.39 is 6.10 Å². The Morgan fingerprint density at radius 2 is 1.84 bits per heavy atom. The highest BCUT2D eigenvalue weighted by atomic mass is 16.6. The van der Waals surface area contributed by atoms with Gasteiger partial charge in [-0.25, -0.2) is 0 Å². The van der Waals surface area contributed by atoms with E-state index in [2.05, 4.69) is 26.8 Å². The average Bonchev–Trinajstić information content (AvgIpc) is 2.68. The number of esters is 1. The summed E-state index contributed by atoms with van der Waals surface area (Å²) in [5.74, 6) is 0.754. The molecule has 3 aliphatic rings. The second-order valence-corrected chi connectivity index (χ2v) is 10.2. The van der Waals surface area contributed by atoms with Gasteiger partial charge in [0.25, 0.3) is 0 Å². The van der Waals surface area contributed by atoms with E-state index >= 15 is 0 Å². The first kappa shape index (κ1) is 24.7. The third-order valence-electron chi connectivity index (χ3n) is 6.89. The van der Waals surface area contributed by atoms with E-state index in [0.717, 1.165) is 25.7 Å². The van der Waals surface area contributed by atoms with Crippen LogP contribution in [0.3, 0.4) is 0 Å². The van der Waals surface area contributed by atoms with E-state index in [-0.39, 0.29) is 49.0 Å². The molecular weight excluding hydrogens is 396 g/mol. The Bertz CT molecular complexity index is 591. The Balaban J connectivity index is 1.78. The summed E-state index contributed by atoms with van der Waals surface area (Å²) in [7, 11) is 1.74. The largest absolute Gasteiger partial charge is 0.458 e. The van der Waals surface area contributed by atoms with Crippen molar-refractivity contribution >= 4 is 5.97 Å². The molecule has 0 aromatic carbocycles. The fourth-order valence-corrected chi connectivity index (χ4v) is 5.09. The van der Waals surface area contributed by atoms with Crippen LogP contribution in [-0.2, 0) is 23.7 Å². The Labute approximate surface area is 187 Å². The summed E-state index contributed by atoms with van der Waals surface area (Å²) in [4.78, 5) is 12.7. The molecule has 6 heteroatoms. The molecule has 3 fully saturated rings. The lowest BCUT2D eigenvalue weighted by Gasteiger charge is -2.39. The summed E-state index contributed by atoms with van der Waals surface area (Å²) in [5, 5.41) is 10.4. The number of fused-ring (bicyclic) bond motifs is 4. The number of aliphatic hydroxyl groups is 1. The summed E-state index contributed by atoms with van der Waals surface area (Å²) in [6.07, 6.45) is 9.64. The molecule has 3 aliphatic heterocycles. The molecule has 31 heavy (non-hydrogen) atoms. The number of hydrogen-bond donors (Lipinski definition) is 1. The molecule has 4 bridgehead atoms. The molecule has 0 saturated carbocycles. The second-order valence-electron chi connectivity index (χ2n) is 10.2. The molecule has 8 atom stereocenters. The van der Waals surface area contributed by atoms with Crippen molar-refractivity contribution in [2.24, 2.45) is 11.8 Å². The number of carbonyl (C=O) groups excluding carboxylic acids is 1. The third-order valence-corrected chi connectivity index (χ3v) is 6.89. The zero-order valence-electron chi connectivity index (χ0n) is 19.7. The predicted molar refractivity (Wildman–Crippen MR) is 119 cm³/mol. The van der Waals surface area contributed by atoms with Crippen LogP contribution in [0.2, 0.25) is 0 Å². The number of carbonyl (C=O) groups is 1. The molecule has 0 unspecified atom stereocenters. The van der Waals surface area contributed by atoms with Crippen LogP contribution in [0.4, 0.5) is 0 Å². The van der Waals surface area contributed by atoms with Gasteiger partial charge in [0.1, 0.15) is 6.10 Å². The van der Waals surface area contributed by atoms with E-state index in [4.69, 9.17) is 18.9 Å². The van der Waals surface area contributed by atoms with Crippen LogP contribution >= 0.6 is 0 Å². The number of aliphatic hydroxyl groups excluding tert-OH is 1. The Morgan fingerprint density at radius 3 is 2.58 bits per heavy atom. The molecule has 3 saturated heterocycles. The van der Waals surface area contributed by atoms with Crippen molar-refractivity contribution in [2.45, 2.75) is 121 Å². The lowest BCUT2D eigenvalue weighted by Crippen LogP contribution is -2.42. The van der Waals surface area contributed by atoms with Crippen LogP contribution in [0.25, 0.3) is 0 Å². The van der Waals surface area contributed by atoms with Crippen molar-refractivity contribution in [2.75, 3.05) is 7.11 Å². The van der Waals surface area contributed by atoms with Crippen LogP contribution in [0.1, 0.15) is 78.6 Å². The zero-order chi connectivity index (χ0) is 22.4.